The normalized spacial score (nSPS) is 30.3. The minimum atomic E-state index is -0.888. The first kappa shape index (κ1) is 26.9. The Morgan fingerprint density at radius 1 is 1.21 bits per heavy atom. The highest BCUT2D eigenvalue weighted by atomic mass is 16.2. The van der Waals surface area contributed by atoms with Crippen LogP contribution in [0.25, 0.3) is 0 Å². The van der Waals surface area contributed by atoms with Crippen molar-refractivity contribution in [1.29, 1.82) is 5.26 Å². The monoisotopic (exact) mass is 532 g/mol. The molecule has 1 saturated carbocycles. The van der Waals surface area contributed by atoms with Crippen LogP contribution in [0.15, 0.2) is 36.5 Å². The van der Waals surface area contributed by atoms with Crippen LogP contribution in [0, 0.1) is 46.3 Å². The van der Waals surface area contributed by atoms with Gasteiger partial charge < -0.3 is 20.9 Å². The molecule has 8 atom stereocenters. The molecule has 3 fully saturated rings. The molecule has 3 heterocycles. The van der Waals surface area contributed by atoms with Crippen LogP contribution in [0.3, 0.4) is 0 Å². The number of amides is 4. The fraction of sp³-hybridized carbons (Fsp3) is 0.586. The highest BCUT2D eigenvalue weighted by molar-refractivity contribution is 5.98. The molecule has 2 aliphatic carbocycles. The van der Waals surface area contributed by atoms with Crippen molar-refractivity contribution in [2.75, 3.05) is 13.1 Å². The predicted octanol–water partition coefficient (Wildman–Crippen LogP) is 1.41. The zero-order valence-corrected chi connectivity index (χ0v) is 22.6. The molecule has 10 nitrogen and oxygen atoms in total. The third kappa shape index (κ3) is 5.14. The van der Waals surface area contributed by atoms with Crippen LogP contribution < -0.4 is 16.0 Å². The Balaban J connectivity index is 1.39. The van der Waals surface area contributed by atoms with E-state index in [1.165, 1.54) is 6.20 Å². The third-order valence-corrected chi connectivity index (χ3v) is 8.79. The second kappa shape index (κ2) is 10.4. The number of carbonyl (C=O) groups excluding carboxylic acids is 4. The van der Waals surface area contributed by atoms with Gasteiger partial charge in [-0.3, -0.25) is 24.2 Å². The first-order valence-electron chi connectivity index (χ1n) is 13.8. The van der Waals surface area contributed by atoms with Crippen molar-refractivity contribution in [1.82, 2.24) is 25.8 Å². The maximum Gasteiger partial charge on any atom is 0.270 e. The lowest BCUT2D eigenvalue weighted by Crippen LogP contribution is -2.59. The van der Waals surface area contributed by atoms with Crippen molar-refractivity contribution >= 4 is 23.6 Å². The zero-order chi connectivity index (χ0) is 27.9. The summed E-state index contributed by atoms with van der Waals surface area (Å²) in [5, 5.41) is 18.3. The molecular formula is C29H36N6O4. The predicted molar refractivity (Wildman–Crippen MR) is 141 cm³/mol. The zero-order valence-electron chi connectivity index (χ0n) is 22.6. The quantitative estimate of drug-likeness (QED) is 0.453. The molecule has 3 N–H and O–H groups in total. The maximum absolute atomic E-state index is 14.2. The fourth-order valence-electron chi connectivity index (χ4n) is 6.85. The van der Waals surface area contributed by atoms with Gasteiger partial charge in [0.1, 0.15) is 23.8 Å². The van der Waals surface area contributed by atoms with Gasteiger partial charge in [0.05, 0.1) is 6.07 Å². The van der Waals surface area contributed by atoms with Crippen LogP contribution in [0.2, 0.25) is 0 Å². The van der Waals surface area contributed by atoms with Crippen LogP contribution in [-0.2, 0) is 14.4 Å². The largest absolute Gasteiger partial charge is 0.356 e. The van der Waals surface area contributed by atoms with E-state index < -0.39 is 29.4 Å². The molecule has 8 unspecified atom stereocenters. The molecule has 5 rings (SSSR count). The molecule has 2 aliphatic heterocycles. The second-order valence-electron chi connectivity index (χ2n) is 12.3. The lowest BCUT2D eigenvalue weighted by Gasteiger charge is -2.37. The van der Waals surface area contributed by atoms with E-state index in [0.717, 1.165) is 6.42 Å². The average Bonchev–Trinajstić information content (AvgIpc) is 3.69. The topological polar surface area (TPSA) is 144 Å². The van der Waals surface area contributed by atoms with Gasteiger partial charge in [-0.05, 0) is 60.5 Å². The summed E-state index contributed by atoms with van der Waals surface area (Å²) in [7, 11) is 0. The summed E-state index contributed by atoms with van der Waals surface area (Å²) in [5.41, 5.74) is -0.426. The average molecular weight is 533 g/mol. The van der Waals surface area contributed by atoms with Crippen molar-refractivity contribution in [3.05, 3.63) is 42.2 Å². The number of nitrogens with one attached hydrogen (secondary N) is 3. The molecule has 2 saturated heterocycles. The van der Waals surface area contributed by atoms with E-state index in [9.17, 15) is 24.4 Å². The van der Waals surface area contributed by atoms with E-state index >= 15 is 0 Å². The minimum Gasteiger partial charge on any atom is -0.356 e. The molecule has 206 valence electrons. The first-order chi connectivity index (χ1) is 18.6. The Kier molecular flexibility index (Phi) is 7.19. The first-order valence-corrected chi connectivity index (χ1v) is 13.8. The summed E-state index contributed by atoms with van der Waals surface area (Å²) in [6.45, 7) is 6.62. The van der Waals surface area contributed by atoms with E-state index in [1.807, 2.05) is 20.8 Å². The highest BCUT2D eigenvalue weighted by Crippen LogP contribution is 2.54. The molecule has 0 spiro atoms. The van der Waals surface area contributed by atoms with Crippen LogP contribution in [-0.4, -0.2) is 64.7 Å². The second-order valence-corrected chi connectivity index (χ2v) is 12.3. The summed E-state index contributed by atoms with van der Waals surface area (Å²) in [6.07, 6.45) is 7.69. The number of aromatic nitrogens is 1. The molecule has 4 aliphatic rings. The number of rotatable bonds is 7. The van der Waals surface area contributed by atoms with Gasteiger partial charge in [-0.25, -0.2) is 0 Å². The summed E-state index contributed by atoms with van der Waals surface area (Å²) in [4.78, 5) is 58.9. The molecule has 1 aromatic heterocycles. The number of hydrogen-bond donors (Lipinski definition) is 3. The summed E-state index contributed by atoms with van der Waals surface area (Å²) < 4.78 is 0. The van der Waals surface area contributed by atoms with Gasteiger partial charge in [0.2, 0.25) is 17.7 Å². The molecule has 2 bridgehead atoms. The van der Waals surface area contributed by atoms with Gasteiger partial charge in [0.15, 0.2) is 0 Å². The minimum absolute atomic E-state index is 0.0508. The van der Waals surface area contributed by atoms with Crippen molar-refractivity contribution in [2.24, 2.45) is 35.0 Å². The summed E-state index contributed by atoms with van der Waals surface area (Å²) >= 11 is 0. The van der Waals surface area contributed by atoms with Crippen LogP contribution in [0.5, 0.6) is 0 Å². The fourth-order valence-corrected chi connectivity index (χ4v) is 6.85. The number of pyridine rings is 1. The van der Waals surface area contributed by atoms with E-state index in [-0.39, 0.29) is 53.5 Å². The van der Waals surface area contributed by atoms with Crippen LogP contribution >= 0.6 is 0 Å². The Morgan fingerprint density at radius 2 is 1.97 bits per heavy atom. The van der Waals surface area contributed by atoms with E-state index in [1.54, 1.807) is 23.1 Å². The molecule has 1 aromatic rings. The van der Waals surface area contributed by atoms with Crippen molar-refractivity contribution < 1.29 is 19.2 Å². The van der Waals surface area contributed by atoms with Crippen molar-refractivity contribution in [3.63, 3.8) is 0 Å². The molecular weight excluding hydrogens is 496 g/mol. The van der Waals surface area contributed by atoms with Gasteiger partial charge in [-0.1, -0.05) is 39.0 Å². The smallest absolute Gasteiger partial charge is 0.270 e. The standard InChI is InChI=1S/C29H36N6O4/c1-29(2,3)24(34-26(37)21-6-4-5-10-31-21)28(39)35-15-20-16-7-8-17(12-16)22(20)23(35)27(38)33-19(14-30)13-18-9-11-32-25(18)36/h4-8,10,16-20,22-24H,9,11-13,15H2,1-3H3,(H,32,36)(H,33,38)(H,34,37). The Morgan fingerprint density at radius 3 is 2.62 bits per heavy atom. The van der Waals surface area contributed by atoms with E-state index in [2.05, 4.69) is 39.2 Å². The lowest BCUT2D eigenvalue weighted by atomic mass is 9.81. The molecule has 0 radical (unpaired) electrons. The third-order valence-electron chi connectivity index (χ3n) is 8.79. The highest BCUT2D eigenvalue weighted by Gasteiger charge is 2.59. The number of likely N-dealkylation sites (tertiary alicyclic amines) is 1. The van der Waals surface area contributed by atoms with Crippen LogP contribution in [0.1, 0.15) is 50.5 Å². The molecule has 39 heavy (non-hydrogen) atoms. The van der Waals surface area contributed by atoms with Gasteiger partial charge in [0, 0.05) is 25.2 Å². The van der Waals surface area contributed by atoms with E-state index in [4.69, 9.17) is 0 Å². The molecule has 0 aromatic carbocycles. The Hall–Kier alpha value is -3.74. The lowest BCUT2D eigenvalue weighted by molar-refractivity contribution is -0.143. The maximum atomic E-state index is 14.2. The Bertz CT molecular complexity index is 1220. The van der Waals surface area contributed by atoms with Gasteiger partial charge in [0.25, 0.3) is 5.91 Å². The number of carbonyl (C=O) groups is 4. The number of nitriles is 1. The van der Waals surface area contributed by atoms with Gasteiger partial charge >= 0.3 is 0 Å². The van der Waals surface area contributed by atoms with Crippen molar-refractivity contribution in [3.8, 4) is 6.07 Å². The Labute approximate surface area is 228 Å². The number of allylic oxidation sites excluding steroid dienone is 2. The molecule has 4 amide bonds. The number of fused-ring (bicyclic) bond motifs is 5. The van der Waals surface area contributed by atoms with E-state index in [0.29, 0.717) is 25.4 Å². The SMILES string of the molecule is CC(C)(C)C(NC(=O)c1ccccn1)C(=O)N1CC2C3C=CC(C3)C2C1C(=O)NC(C#N)CC1CCNC1=O. The van der Waals surface area contributed by atoms with Gasteiger partial charge in [-0.2, -0.15) is 5.26 Å². The number of nitrogens with zero attached hydrogens (tertiary/aromatic N) is 3. The van der Waals surface area contributed by atoms with Crippen molar-refractivity contribution in [2.45, 2.75) is 58.2 Å². The molecule has 10 heteroatoms. The summed E-state index contributed by atoms with van der Waals surface area (Å²) in [5.74, 6) is -0.971. The summed E-state index contributed by atoms with van der Waals surface area (Å²) in [6, 6.07) is 4.67. The van der Waals surface area contributed by atoms with Gasteiger partial charge in [-0.15, -0.1) is 0 Å². The number of hydrogen-bond acceptors (Lipinski definition) is 6. The van der Waals surface area contributed by atoms with Crippen LogP contribution in [0.4, 0.5) is 0 Å².